The molecule has 138 valence electrons. The highest BCUT2D eigenvalue weighted by Gasteiger charge is 2.27. The molecule has 0 unspecified atom stereocenters. The number of aryl methyl sites for hydroxylation is 4. The number of aromatic nitrogens is 4. The number of hydrogen-bond donors (Lipinski definition) is 2. The summed E-state index contributed by atoms with van der Waals surface area (Å²) >= 11 is 0. The van der Waals surface area contributed by atoms with Gasteiger partial charge >= 0.3 is 0 Å². The van der Waals surface area contributed by atoms with E-state index in [0.717, 1.165) is 67.6 Å². The van der Waals surface area contributed by atoms with E-state index >= 15 is 0 Å². The van der Waals surface area contributed by atoms with Gasteiger partial charge in [0.15, 0.2) is 0 Å². The monoisotopic (exact) mass is 355 g/mol. The first-order valence-corrected chi connectivity index (χ1v) is 9.47. The number of H-pyrrole nitrogens is 1. The van der Waals surface area contributed by atoms with E-state index in [1.165, 1.54) is 0 Å². The molecular formula is C19H25N5O2. The summed E-state index contributed by atoms with van der Waals surface area (Å²) < 4.78 is 1.69. The summed E-state index contributed by atoms with van der Waals surface area (Å²) in [6.45, 7) is 3.69. The molecule has 2 aromatic heterocycles. The maximum absolute atomic E-state index is 12.5. The molecule has 2 aliphatic rings. The van der Waals surface area contributed by atoms with Crippen LogP contribution in [0.2, 0.25) is 0 Å². The predicted molar refractivity (Wildman–Crippen MR) is 97.3 cm³/mol. The van der Waals surface area contributed by atoms with Gasteiger partial charge in [-0.1, -0.05) is 0 Å². The van der Waals surface area contributed by atoms with Crippen LogP contribution in [0.3, 0.4) is 0 Å². The Morgan fingerprint density at radius 2 is 2.00 bits per heavy atom. The predicted octanol–water partition coefficient (Wildman–Crippen LogP) is 1.99. The van der Waals surface area contributed by atoms with E-state index in [1.54, 1.807) is 10.7 Å². The van der Waals surface area contributed by atoms with Gasteiger partial charge in [0.2, 0.25) is 0 Å². The molecule has 0 radical (unpaired) electrons. The summed E-state index contributed by atoms with van der Waals surface area (Å²) in [5, 5.41) is 14.7. The zero-order valence-electron chi connectivity index (χ0n) is 15.3. The Bertz CT molecular complexity index is 870. The van der Waals surface area contributed by atoms with Gasteiger partial charge in [-0.3, -0.25) is 14.7 Å². The summed E-state index contributed by atoms with van der Waals surface area (Å²) in [5.74, 6) is -0.0648. The molecule has 0 aliphatic heterocycles. The minimum Gasteiger partial charge on any atom is -0.349 e. The molecule has 2 heterocycles. The van der Waals surface area contributed by atoms with Gasteiger partial charge in [-0.2, -0.15) is 10.2 Å². The molecule has 2 aromatic rings. The van der Waals surface area contributed by atoms with Crippen LogP contribution < -0.4 is 10.9 Å². The van der Waals surface area contributed by atoms with E-state index in [2.05, 4.69) is 20.6 Å². The van der Waals surface area contributed by atoms with Crippen LogP contribution in [0.15, 0.2) is 10.9 Å². The molecule has 0 aromatic carbocycles. The van der Waals surface area contributed by atoms with E-state index in [4.69, 9.17) is 0 Å². The number of nitrogens with zero attached hydrogens (tertiary/aromatic N) is 3. The standard InChI is InChI=1S/C19H25N5O2/c1-11-18(12(2)22-21-11)19(26)20-14-6-8-15(9-7-14)24-17(25)10-13-4-3-5-16(13)23-24/h10,14-15H,3-9H2,1-2H3,(H,20,26)(H,21,22). The second-order valence-corrected chi connectivity index (χ2v) is 7.54. The van der Waals surface area contributed by atoms with Crippen LogP contribution in [0, 0.1) is 13.8 Å². The number of carbonyl (C=O) groups excluding carboxylic acids is 1. The molecule has 7 nitrogen and oxygen atoms in total. The number of hydrogen-bond acceptors (Lipinski definition) is 4. The van der Waals surface area contributed by atoms with Crippen molar-refractivity contribution in [2.45, 2.75) is 70.9 Å². The van der Waals surface area contributed by atoms with Crippen LogP contribution >= 0.6 is 0 Å². The number of aromatic amines is 1. The average Bonchev–Trinajstić information content (AvgIpc) is 3.20. The second kappa shape index (κ2) is 6.70. The quantitative estimate of drug-likeness (QED) is 0.880. The highest BCUT2D eigenvalue weighted by Crippen LogP contribution is 2.28. The molecule has 7 heteroatoms. The van der Waals surface area contributed by atoms with Gasteiger partial charge in [0, 0.05) is 17.8 Å². The van der Waals surface area contributed by atoms with Crippen molar-refractivity contribution in [3.63, 3.8) is 0 Å². The summed E-state index contributed by atoms with van der Waals surface area (Å²) in [5.41, 5.74) is 4.39. The van der Waals surface area contributed by atoms with Crippen molar-refractivity contribution in [1.29, 1.82) is 0 Å². The lowest BCUT2D eigenvalue weighted by molar-refractivity contribution is 0.0920. The van der Waals surface area contributed by atoms with Crippen molar-refractivity contribution in [2.75, 3.05) is 0 Å². The van der Waals surface area contributed by atoms with Gasteiger partial charge in [-0.25, -0.2) is 4.68 Å². The van der Waals surface area contributed by atoms with Gasteiger partial charge in [0.1, 0.15) is 0 Å². The Morgan fingerprint density at radius 1 is 1.23 bits per heavy atom. The van der Waals surface area contributed by atoms with Crippen molar-refractivity contribution in [3.05, 3.63) is 44.6 Å². The highest BCUT2D eigenvalue weighted by molar-refractivity contribution is 5.96. The first-order chi connectivity index (χ1) is 12.5. The maximum atomic E-state index is 12.5. The summed E-state index contributed by atoms with van der Waals surface area (Å²) in [4.78, 5) is 24.9. The second-order valence-electron chi connectivity index (χ2n) is 7.54. The SMILES string of the molecule is Cc1n[nH]c(C)c1C(=O)NC1CCC(n2nc3c(cc2=O)CCC3)CC1. The van der Waals surface area contributed by atoms with Crippen molar-refractivity contribution >= 4 is 5.91 Å². The van der Waals surface area contributed by atoms with E-state index < -0.39 is 0 Å². The fourth-order valence-corrected chi connectivity index (χ4v) is 4.28. The third kappa shape index (κ3) is 3.06. The van der Waals surface area contributed by atoms with E-state index in [1.807, 2.05) is 13.8 Å². The van der Waals surface area contributed by atoms with Gasteiger partial charge in [0.25, 0.3) is 11.5 Å². The van der Waals surface area contributed by atoms with Gasteiger partial charge < -0.3 is 5.32 Å². The Balaban J connectivity index is 1.40. The topological polar surface area (TPSA) is 92.7 Å². The molecule has 0 atom stereocenters. The first-order valence-electron chi connectivity index (χ1n) is 9.47. The minimum atomic E-state index is -0.0648. The molecule has 26 heavy (non-hydrogen) atoms. The van der Waals surface area contributed by atoms with Crippen LogP contribution in [-0.4, -0.2) is 31.9 Å². The summed E-state index contributed by atoms with van der Waals surface area (Å²) in [7, 11) is 0. The smallest absolute Gasteiger partial charge is 0.267 e. The minimum absolute atomic E-state index is 0.0165. The van der Waals surface area contributed by atoms with Crippen molar-refractivity contribution in [3.8, 4) is 0 Å². The highest BCUT2D eigenvalue weighted by atomic mass is 16.2. The Morgan fingerprint density at radius 3 is 2.69 bits per heavy atom. The normalized spacial score (nSPS) is 22.2. The molecule has 0 saturated heterocycles. The molecule has 1 amide bonds. The zero-order chi connectivity index (χ0) is 18.3. The Hall–Kier alpha value is -2.44. The van der Waals surface area contributed by atoms with Gasteiger partial charge in [0.05, 0.1) is 23.0 Å². The summed E-state index contributed by atoms with van der Waals surface area (Å²) in [6.07, 6.45) is 6.49. The molecule has 0 spiro atoms. The van der Waals surface area contributed by atoms with Crippen LogP contribution in [0.25, 0.3) is 0 Å². The summed E-state index contributed by atoms with van der Waals surface area (Å²) in [6, 6.07) is 2.05. The molecule has 2 aliphatic carbocycles. The van der Waals surface area contributed by atoms with Crippen LogP contribution in [-0.2, 0) is 12.8 Å². The van der Waals surface area contributed by atoms with Crippen LogP contribution in [0.1, 0.15) is 71.1 Å². The van der Waals surface area contributed by atoms with Crippen LogP contribution in [0.4, 0.5) is 0 Å². The maximum Gasteiger partial charge on any atom is 0.267 e. The van der Waals surface area contributed by atoms with E-state index in [0.29, 0.717) is 5.56 Å². The molecule has 0 bridgehead atoms. The molecule has 1 fully saturated rings. The van der Waals surface area contributed by atoms with Gasteiger partial charge in [-0.05, 0) is 64.4 Å². The first kappa shape index (κ1) is 17.0. The third-order valence-corrected chi connectivity index (χ3v) is 5.72. The van der Waals surface area contributed by atoms with Crippen LogP contribution in [0.5, 0.6) is 0 Å². The third-order valence-electron chi connectivity index (χ3n) is 5.72. The van der Waals surface area contributed by atoms with Gasteiger partial charge in [-0.15, -0.1) is 0 Å². The fourth-order valence-electron chi connectivity index (χ4n) is 4.28. The van der Waals surface area contributed by atoms with Crippen molar-refractivity contribution in [2.24, 2.45) is 0 Å². The fraction of sp³-hybridized carbons (Fsp3) is 0.579. The molecule has 4 rings (SSSR count). The number of amides is 1. The lowest BCUT2D eigenvalue weighted by atomic mass is 9.91. The van der Waals surface area contributed by atoms with E-state index in [9.17, 15) is 9.59 Å². The Labute approximate surface area is 152 Å². The number of carbonyl (C=O) groups is 1. The van der Waals surface area contributed by atoms with Crippen molar-refractivity contribution in [1.82, 2.24) is 25.3 Å². The number of nitrogens with one attached hydrogen (secondary N) is 2. The zero-order valence-corrected chi connectivity index (χ0v) is 15.3. The number of rotatable bonds is 3. The largest absolute Gasteiger partial charge is 0.349 e. The van der Waals surface area contributed by atoms with E-state index in [-0.39, 0.29) is 23.6 Å². The average molecular weight is 355 g/mol. The molecule has 1 saturated carbocycles. The number of fused-ring (bicyclic) bond motifs is 1. The van der Waals surface area contributed by atoms with Crippen molar-refractivity contribution < 1.29 is 4.79 Å². The lowest BCUT2D eigenvalue weighted by Gasteiger charge is -2.29. The lowest BCUT2D eigenvalue weighted by Crippen LogP contribution is -2.40. The molecule has 2 N–H and O–H groups in total. The molecular weight excluding hydrogens is 330 g/mol. The Kier molecular flexibility index (Phi) is 4.38.